The number of carboxylic acid groups (broad SMARTS) is 1. The van der Waals surface area contributed by atoms with Crippen LogP contribution < -0.4 is 5.73 Å². The largest absolute Gasteiger partial charge is 0.508 e. The third-order valence-corrected chi connectivity index (χ3v) is 2.06. The molecular formula is C10H13NO3. The first-order valence-corrected chi connectivity index (χ1v) is 4.27. The number of carboxylic acids is 1. The Labute approximate surface area is 82.0 Å². The smallest absolute Gasteiger partial charge is 0.305 e. The number of phenols is 1. The highest BCUT2D eigenvalue weighted by Crippen LogP contribution is 2.22. The fourth-order valence-electron chi connectivity index (χ4n) is 1.16. The Morgan fingerprint density at radius 3 is 2.71 bits per heavy atom. The molecule has 4 N–H and O–H groups in total. The van der Waals surface area contributed by atoms with Gasteiger partial charge >= 0.3 is 5.97 Å². The van der Waals surface area contributed by atoms with Gasteiger partial charge in [-0.3, -0.25) is 4.79 Å². The van der Waals surface area contributed by atoms with E-state index in [4.69, 9.17) is 10.8 Å². The summed E-state index contributed by atoms with van der Waals surface area (Å²) in [7, 11) is 0. The second-order valence-electron chi connectivity index (χ2n) is 3.25. The fourth-order valence-corrected chi connectivity index (χ4v) is 1.16. The molecule has 0 heterocycles. The van der Waals surface area contributed by atoms with Gasteiger partial charge in [0.05, 0.1) is 6.42 Å². The van der Waals surface area contributed by atoms with Gasteiger partial charge in [0.15, 0.2) is 0 Å². The van der Waals surface area contributed by atoms with Crippen molar-refractivity contribution in [2.24, 2.45) is 5.73 Å². The summed E-state index contributed by atoms with van der Waals surface area (Å²) in [6.45, 7) is 1.77. The van der Waals surface area contributed by atoms with Crippen LogP contribution in [0.2, 0.25) is 0 Å². The highest BCUT2D eigenvalue weighted by molar-refractivity contribution is 5.68. The molecule has 1 unspecified atom stereocenters. The van der Waals surface area contributed by atoms with Gasteiger partial charge in [0, 0.05) is 6.04 Å². The van der Waals surface area contributed by atoms with Crippen LogP contribution in [0.25, 0.3) is 0 Å². The predicted octanol–water partition coefficient (Wildman–Crippen LogP) is 1.18. The number of aryl methyl sites for hydroxylation is 1. The molecule has 0 amide bonds. The molecule has 0 aliphatic carbocycles. The van der Waals surface area contributed by atoms with E-state index in [0.29, 0.717) is 5.56 Å². The van der Waals surface area contributed by atoms with Crippen LogP contribution in [-0.2, 0) is 4.79 Å². The van der Waals surface area contributed by atoms with Crippen molar-refractivity contribution in [3.63, 3.8) is 0 Å². The molecule has 0 bridgehead atoms. The lowest BCUT2D eigenvalue weighted by molar-refractivity contribution is -0.137. The third kappa shape index (κ3) is 2.47. The number of rotatable bonds is 3. The summed E-state index contributed by atoms with van der Waals surface area (Å²) in [5.74, 6) is -0.805. The van der Waals surface area contributed by atoms with Crippen LogP contribution in [0, 0.1) is 6.92 Å². The minimum atomic E-state index is -0.947. The SMILES string of the molecule is Cc1ccc(C(N)CC(=O)O)cc1O. The topological polar surface area (TPSA) is 83.6 Å². The second kappa shape index (κ2) is 4.11. The average Bonchev–Trinajstić information content (AvgIpc) is 2.08. The fraction of sp³-hybridized carbons (Fsp3) is 0.300. The summed E-state index contributed by atoms with van der Waals surface area (Å²) >= 11 is 0. The molecule has 76 valence electrons. The lowest BCUT2D eigenvalue weighted by atomic mass is 10.0. The Morgan fingerprint density at radius 2 is 2.21 bits per heavy atom. The molecule has 0 radical (unpaired) electrons. The van der Waals surface area contributed by atoms with Crippen molar-refractivity contribution < 1.29 is 15.0 Å². The molecule has 0 saturated carbocycles. The van der Waals surface area contributed by atoms with E-state index >= 15 is 0 Å². The standard InChI is InChI=1S/C10H13NO3/c1-6-2-3-7(4-9(6)12)8(11)5-10(13)14/h2-4,8,12H,5,11H2,1H3,(H,13,14). The monoisotopic (exact) mass is 195 g/mol. The van der Waals surface area contributed by atoms with Crippen molar-refractivity contribution >= 4 is 5.97 Å². The molecule has 14 heavy (non-hydrogen) atoms. The number of hydrogen-bond acceptors (Lipinski definition) is 3. The van der Waals surface area contributed by atoms with E-state index in [1.54, 1.807) is 19.1 Å². The summed E-state index contributed by atoms with van der Waals surface area (Å²) in [5.41, 5.74) is 7.00. The van der Waals surface area contributed by atoms with Crippen LogP contribution in [0.15, 0.2) is 18.2 Å². The number of hydrogen-bond donors (Lipinski definition) is 3. The lowest BCUT2D eigenvalue weighted by Crippen LogP contribution is -2.14. The highest BCUT2D eigenvalue weighted by atomic mass is 16.4. The Hall–Kier alpha value is -1.55. The van der Waals surface area contributed by atoms with Crippen LogP contribution in [0.4, 0.5) is 0 Å². The highest BCUT2D eigenvalue weighted by Gasteiger charge is 2.11. The van der Waals surface area contributed by atoms with E-state index < -0.39 is 12.0 Å². The van der Waals surface area contributed by atoms with Gasteiger partial charge in [0.1, 0.15) is 5.75 Å². The van der Waals surface area contributed by atoms with Gasteiger partial charge in [-0.15, -0.1) is 0 Å². The molecule has 1 rings (SSSR count). The Morgan fingerprint density at radius 1 is 1.57 bits per heavy atom. The first-order chi connectivity index (χ1) is 6.50. The van der Waals surface area contributed by atoms with Gasteiger partial charge in [-0.25, -0.2) is 0 Å². The molecule has 0 aliphatic rings. The normalized spacial score (nSPS) is 12.4. The zero-order chi connectivity index (χ0) is 10.7. The molecule has 4 heteroatoms. The van der Waals surface area contributed by atoms with Crippen molar-refractivity contribution in [3.8, 4) is 5.75 Å². The van der Waals surface area contributed by atoms with E-state index in [0.717, 1.165) is 5.56 Å². The van der Waals surface area contributed by atoms with Crippen molar-refractivity contribution in [2.45, 2.75) is 19.4 Å². The van der Waals surface area contributed by atoms with Crippen molar-refractivity contribution in [1.82, 2.24) is 0 Å². The molecule has 0 aliphatic heterocycles. The Bertz CT molecular complexity index is 349. The number of nitrogens with two attached hydrogens (primary N) is 1. The van der Waals surface area contributed by atoms with Gasteiger partial charge in [0.25, 0.3) is 0 Å². The van der Waals surface area contributed by atoms with Gasteiger partial charge in [-0.05, 0) is 24.1 Å². The number of carbonyl (C=O) groups is 1. The molecule has 1 atom stereocenters. The third-order valence-electron chi connectivity index (χ3n) is 2.06. The maximum absolute atomic E-state index is 10.4. The van der Waals surface area contributed by atoms with E-state index in [1.165, 1.54) is 6.07 Å². The zero-order valence-electron chi connectivity index (χ0n) is 7.90. The molecule has 1 aromatic carbocycles. The summed E-state index contributed by atoms with van der Waals surface area (Å²) < 4.78 is 0. The van der Waals surface area contributed by atoms with Gasteiger partial charge < -0.3 is 15.9 Å². The van der Waals surface area contributed by atoms with Crippen LogP contribution in [0.5, 0.6) is 5.75 Å². The van der Waals surface area contributed by atoms with E-state index in [2.05, 4.69) is 0 Å². The van der Waals surface area contributed by atoms with E-state index in [-0.39, 0.29) is 12.2 Å². The van der Waals surface area contributed by atoms with E-state index in [9.17, 15) is 9.90 Å². The first-order valence-electron chi connectivity index (χ1n) is 4.27. The molecule has 0 spiro atoms. The minimum Gasteiger partial charge on any atom is -0.508 e. The minimum absolute atomic E-state index is 0.136. The molecule has 0 aromatic heterocycles. The van der Waals surface area contributed by atoms with Crippen LogP contribution >= 0.6 is 0 Å². The van der Waals surface area contributed by atoms with Crippen LogP contribution in [0.3, 0.4) is 0 Å². The molecule has 4 nitrogen and oxygen atoms in total. The number of aromatic hydroxyl groups is 1. The quantitative estimate of drug-likeness (QED) is 0.676. The summed E-state index contributed by atoms with van der Waals surface area (Å²) in [4.78, 5) is 10.4. The van der Waals surface area contributed by atoms with E-state index in [1.807, 2.05) is 0 Å². The van der Waals surface area contributed by atoms with Crippen molar-refractivity contribution in [1.29, 1.82) is 0 Å². The zero-order valence-corrected chi connectivity index (χ0v) is 7.90. The average molecular weight is 195 g/mol. The maximum Gasteiger partial charge on any atom is 0.305 e. The Kier molecular flexibility index (Phi) is 3.09. The van der Waals surface area contributed by atoms with Crippen molar-refractivity contribution in [2.75, 3.05) is 0 Å². The van der Waals surface area contributed by atoms with Gasteiger partial charge in [-0.2, -0.15) is 0 Å². The molecule has 0 saturated heterocycles. The molecular weight excluding hydrogens is 182 g/mol. The second-order valence-corrected chi connectivity index (χ2v) is 3.25. The van der Waals surface area contributed by atoms with Gasteiger partial charge in [0.2, 0.25) is 0 Å². The number of aliphatic carboxylic acids is 1. The summed E-state index contributed by atoms with van der Waals surface area (Å²) in [6, 6.07) is 4.37. The molecule has 1 aromatic rings. The first kappa shape index (κ1) is 10.5. The van der Waals surface area contributed by atoms with Crippen LogP contribution in [-0.4, -0.2) is 16.2 Å². The predicted molar refractivity (Wildman–Crippen MR) is 52.0 cm³/mol. The number of phenolic OH excluding ortho intramolecular Hbond substituents is 1. The van der Waals surface area contributed by atoms with Gasteiger partial charge in [-0.1, -0.05) is 12.1 Å². The summed E-state index contributed by atoms with van der Waals surface area (Å²) in [5, 5.41) is 17.9. The summed E-state index contributed by atoms with van der Waals surface area (Å²) in [6.07, 6.45) is -0.136. The maximum atomic E-state index is 10.4. The Balaban J connectivity index is 2.85. The number of benzene rings is 1. The molecule has 0 fully saturated rings. The van der Waals surface area contributed by atoms with Crippen LogP contribution in [0.1, 0.15) is 23.6 Å². The lowest BCUT2D eigenvalue weighted by Gasteiger charge is -2.10. The van der Waals surface area contributed by atoms with Crippen molar-refractivity contribution in [3.05, 3.63) is 29.3 Å².